The van der Waals surface area contributed by atoms with Crippen molar-refractivity contribution in [2.75, 3.05) is 13.2 Å². The maximum Gasteiger partial charge on any atom is 0.207 e. The van der Waals surface area contributed by atoms with E-state index in [0.717, 1.165) is 36.3 Å². The molecule has 1 heterocycles. The molecule has 0 saturated carbocycles. The molecule has 3 unspecified atom stereocenters. The number of para-hydroxylation sites is 1. The van der Waals surface area contributed by atoms with E-state index in [0.29, 0.717) is 19.1 Å². The van der Waals surface area contributed by atoms with Crippen molar-refractivity contribution < 1.29 is 14.2 Å². The molecule has 0 bridgehead atoms. The molecule has 0 radical (unpaired) electrons. The van der Waals surface area contributed by atoms with Gasteiger partial charge in [-0.1, -0.05) is 74.5 Å². The molecule has 3 nitrogen and oxygen atoms in total. The van der Waals surface area contributed by atoms with E-state index in [1.54, 1.807) is 0 Å². The van der Waals surface area contributed by atoms with Crippen LogP contribution in [-0.4, -0.2) is 19.5 Å². The summed E-state index contributed by atoms with van der Waals surface area (Å²) in [6.07, 6.45) is 2.50. The molecule has 0 spiro atoms. The molecule has 3 atom stereocenters. The van der Waals surface area contributed by atoms with Crippen LogP contribution in [0.4, 0.5) is 0 Å². The number of ether oxygens (including phenoxy) is 3. The van der Waals surface area contributed by atoms with Crippen LogP contribution in [0, 0.1) is 0 Å². The summed E-state index contributed by atoms with van der Waals surface area (Å²) < 4.78 is 18.7. The first kappa shape index (κ1) is 21.5. The zero-order valence-corrected chi connectivity index (χ0v) is 18.5. The van der Waals surface area contributed by atoms with Crippen LogP contribution in [0.1, 0.15) is 55.2 Å². The molecule has 4 rings (SSSR count). The predicted octanol–water partition coefficient (Wildman–Crippen LogP) is 6.73. The fourth-order valence-corrected chi connectivity index (χ4v) is 4.07. The smallest absolute Gasteiger partial charge is 0.207 e. The van der Waals surface area contributed by atoms with Gasteiger partial charge in [0.15, 0.2) is 0 Å². The Labute approximate surface area is 186 Å². The monoisotopic (exact) mass is 416 g/mol. The number of fused-ring (bicyclic) bond motifs is 1. The van der Waals surface area contributed by atoms with E-state index in [-0.39, 0.29) is 12.2 Å². The fourth-order valence-electron chi connectivity index (χ4n) is 4.07. The van der Waals surface area contributed by atoms with Crippen molar-refractivity contribution in [1.29, 1.82) is 0 Å². The van der Waals surface area contributed by atoms with Crippen LogP contribution in [0.3, 0.4) is 0 Å². The molecule has 162 valence electrons. The lowest BCUT2D eigenvalue weighted by atomic mass is 9.92. The maximum atomic E-state index is 6.44. The highest BCUT2D eigenvalue weighted by Gasteiger charge is 2.31. The van der Waals surface area contributed by atoms with Crippen LogP contribution in [-0.2, 0) is 11.2 Å². The van der Waals surface area contributed by atoms with E-state index in [1.165, 1.54) is 11.1 Å². The summed E-state index contributed by atoms with van der Waals surface area (Å²) in [5, 5.41) is 0. The summed E-state index contributed by atoms with van der Waals surface area (Å²) in [6.45, 7) is 5.76. The third-order valence-corrected chi connectivity index (χ3v) is 6.16. The van der Waals surface area contributed by atoms with Gasteiger partial charge in [0.25, 0.3) is 0 Å². The standard InChI is InChI=1S/C28H32O3/c1-3-21(2)23-13-15-24(16-14-23)31-28(30-19-17-22-9-5-4-6-10-22)26-18-20-29-27-12-8-7-11-25(26)27/h4-16,21,26,28H,3,17-20H2,1-2H3. The number of hydrogen-bond acceptors (Lipinski definition) is 3. The van der Waals surface area contributed by atoms with E-state index >= 15 is 0 Å². The lowest BCUT2D eigenvalue weighted by molar-refractivity contribution is -0.101. The molecule has 0 amide bonds. The van der Waals surface area contributed by atoms with Gasteiger partial charge in [-0.25, -0.2) is 0 Å². The lowest BCUT2D eigenvalue weighted by Gasteiger charge is -2.32. The third kappa shape index (κ3) is 5.48. The minimum Gasteiger partial charge on any atom is -0.493 e. The Hall–Kier alpha value is -2.78. The van der Waals surface area contributed by atoms with E-state index in [9.17, 15) is 0 Å². The van der Waals surface area contributed by atoms with E-state index < -0.39 is 0 Å². The van der Waals surface area contributed by atoms with Crippen LogP contribution < -0.4 is 9.47 Å². The first-order valence-electron chi connectivity index (χ1n) is 11.4. The summed E-state index contributed by atoms with van der Waals surface area (Å²) in [4.78, 5) is 0. The minimum atomic E-state index is -0.358. The highest BCUT2D eigenvalue weighted by Crippen LogP contribution is 2.37. The van der Waals surface area contributed by atoms with Crippen molar-refractivity contribution in [2.24, 2.45) is 0 Å². The third-order valence-electron chi connectivity index (χ3n) is 6.16. The summed E-state index contributed by atoms with van der Waals surface area (Å²) in [5.74, 6) is 2.47. The highest BCUT2D eigenvalue weighted by molar-refractivity contribution is 5.38. The predicted molar refractivity (Wildman–Crippen MR) is 125 cm³/mol. The zero-order chi connectivity index (χ0) is 21.5. The van der Waals surface area contributed by atoms with Gasteiger partial charge in [0.2, 0.25) is 6.29 Å². The first-order valence-corrected chi connectivity index (χ1v) is 11.4. The number of benzene rings is 3. The Morgan fingerprint density at radius 2 is 1.68 bits per heavy atom. The van der Waals surface area contributed by atoms with Crippen LogP contribution in [0.2, 0.25) is 0 Å². The molecule has 31 heavy (non-hydrogen) atoms. The molecule has 3 heteroatoms. The molecule has 0 saturated heterocycles. The lowest BCUT2D eigenvalue weighted by Crippen LogP contribution is -2.32. The van der Waals surface area contributed by atoms with Crippen LogP contribution >= 0.6 is 0 Å². The van der Waals surface area contributed by atoms with Gasteiger partial charge in [-0.2, -0.15) is 0 Å². The summed E-state index contributed by atoms with van der Waals surface area (Å²) in [5.41, 5.74) is 3.77. The van der Waals surface area contributed by atoms with Crippen molar-refractivity contribution in [3.05, 3.63) is 95.6 Å². The normalized spacial score (nSPS) is 17.3. The van der Waals surface area contributed by atoms with Crippen molar-refractivity contribution in [2.45, 2.75) is 51.2 Å². The Kier molecular flexibility index (Phi) is 7.26. The molecule has 3 aromatic carbocycles. The second kappa shape index (κ2) is 10.5. The summed E-state index contributed by atoms with van der Waals surface area (Å²) in [7, 11) is 0. The SMILES string of the molecule is CCC(C)c1ccc(OC(OCCc2ccccc2)C2CCOc3ccccc32)cc1. The molecule has 0 aliphatic carbocycles. The van der Waals surface area contributed by atoms with Gasteiger partial charge in [0.1, 0.15) is 11.5 Å². The van der Waals surface area contributed by atoms with Crippen molar-refractivity contribution in [3.8, 4) is 11.5 Å². The van der Waals surface area contributed by atoms with Crippen LogP contribution in [0.5, 0.6) is 11.5 Å². The van der Waals surface area contributed by atoms with Gasteiger partial charge >= 0.3 is 0 Å². The Balaban J connectivity index is 1.51. The molecule has 1 aliphatic heterocycles. The van der Waals surface area contributed by atoms with Gasteiger partial charge in [0.05, 0.1) is 19.1 Å². The van der Waals surface area contributed by atoms with E-state index in [4.69, 9.17) is 14.2 Å². The second-order valence-electron chi connectivity index (χ2n) is 8.25. The van der Waals surface area contributed by atoms with Gasteiger partial charge in [-0.3, -0.25) is 0 Å². The van der Waals surface area contributed by atoms with Gasteiger partial charge in [-0.15, -0.1) is 0 Å². The maximum absolute atomic E-state index is 6.44. The van der Waals surface area contributed by atoms with E-state index in [1.807, 2.05) is 18.2 Å². The minimum absolute atomic E-state index is 0.134. The molecule has 0 N–H and O–H groups in total. The Morgan fingerprint density at radius 1 is 0.935 bits per heavy atom. The van der Waals surface area contributed by atoms with Gasteiger partial charge < -0.3 is 14.2 Å². The van der Waals surface area contributed by atoms with Crippen molar-refractivity contribution >= 4 is 0 Å². The quantitative estimate of drug-likeness (QED) is 0.362. The average Bonchev–Trinajstić information content (AvgIpc) is 2.83. The summed E-state index contributed by atoms with van der Waals surface area (Å²) >= 11 is 0. The Morgan fingerprint density at radius 3 is 2.45 bits per heavy atom. The van der Waals surface area contributed by atoms with Crippen molar-refractivity contribution in [3.63, 3.8) is 0 Å². The molecule has 1 aliphatic rings. The molecule has 3 aromatic rings. The van der Waals surface area contributed by atoms with E-state index in [2.05, 4.69) is 74.5 Å². The van der Waals surface area contributed by atoms with Crippen LogP contribution in [0.15, 0.2) is 78.9 Å². The Bertz CT molecular complexity index is 936. The summed E-state index contributed by atoms with van der Waals surface area (Å²) in [6, 6.07) is 27.2. The molecule has 0 aromatic heterocycles. The van der Waals surface area contributed by atoms with Crippen LogP contribution in [0.25, 0.3) is 0 Å². The largest absolute Gasteiger partial charge is 0.493 e. The molecule has 0 fully saturated rings. The first-order chi connectivity index (χ1) is 15.2. The zero-order valence-electron chi connectivity index (χ0n) is 18.5. The fraction of sp³-hybridized carbons (Fsp3) is 0.357. The number of rotatable bonds is 9. The average molecular weight is 417 g/mol. The highest BCUT2D eigenvalue weighted by atomic mass is 16.7. The number of hydrogen-bond donors (Lipinski definition) is 0. The van der Waals surface area contributed by atoms with Gasteiger partial charge in [-0.05, 0) is 54.5 Å². The molecular weight excluding hydrogens is 384 g/mol. The second-order valence-corrected chi connectivity index (χ2v) is 8.25. The molecular formula is C28H32O3. The van der Waals surface area contributed by atoms with Crippen molar-refractivity contribution in [1.82, 2.24) is 0 Å². The topological polar surface area (TPSA) is 27.7 Å². The van der Waals surface area contributed by atoms with Gasteiger partial charge in [0, 0.05) is 5.56 Å².